The van der Waals surface area contributed by atoms with Gasteiger partial charge in [0.15, 0.2) is 0 Å². The van der Waals surface area contributed by atoms with Crippen LogP contribution in [0.4, 0.5) is 5.69 Å². The van der Waals surface area contributed by atoms with Gasteiger partial charge in [0.05, 0.1) is 37.4 Å². The van der Waals surface area contributed by atoms with Crippen molar-refractivity contribution >= 4 is 11.6 Å². The summed E-state index contributed by atoms with van der Waals surface area (Å²) in [7, 11) is 1.49. The Bertz CT molecular complexity index is 813. The second-order valence-corrected chi connectivity index (χ2v) is 5.83. The summed E-state index contributed by atoms with van der Waals surface area (Å²) in [5.41, 5.74) is 0.366. The highest BCUT2D eigenvalue weighted by Gasteiger charge is 2.29. The van der Waals surface area contributed by atoms with Gasteiger partial charge in [-0.3, -0.25) is 19.9 Å². The first-order chi connectivity index (χ1) is 12.6. The maximum Gasteiger partial charge on any atom is 0.273 e. The number of nitro groups is 1. The lowest BCUT2D eigenvalue weighted by Gasteiger charge is -2.17. The highest BCUT2D eigenvalue weighted by molar-refractivity contribution is 5.80. The third kappa shape index (κ3) is 4.05. The molecule has 1 aromatic carbocycles. The van der Waals surface area contributed by atoms with Crippen LogP contribution in [-0.2, 0) is 11.2 Å². The van der Waals surface area contributed by atoms with Crippen molar-refractivity contribution in [2.24, 2.45) is 0 Å². The van der Waals surface area contributed by atoms with Gasteiger partial charge in [-0.25, -0.2) is 0 Å². The highest BCUT2D eigenvalue weighted by Crippen LogP contribution is 2.22. The van der Waals surface area contributed by atoms with Gasteiger partial charge in [-0.1, -0.05) is 18.2 Å². The average molecular weight is 358 g/mol. The fraction of sp³-hybridized carbons (Fsp3) is 0.353. The minimum absolute atomic E-state index is 0.0111. The van der Waals surface area contributed by atoms with Gasteiger partial charge in [0, 0.05) is 24.6 Å². The summed E-state index contributed by atoms with van der Waals surface area (Å²) in [6.45, 7) is 0.930. The smallest absolute Gasteiger partial charge is 0.273 e. The van der Waals surface area contributed by atoms with E-state index in [0.717, 1.165) is 0 Å². The van der Waals surface area contributed by atoms with Crippen molar-refractivity contribution in [3.05, 3.63) is 52.3 Å². The molecule has 1 fully saturated rings. The molecule has 2 heterocycles. The molecule has 1 aliphatic rings. The monoisotopic (exact) mass is 358 g/mol. The summed E-state index contributed by atoms with van der Waals surface area (Å²) in [5, 5.41) is 11.1. The number of aromatic nitrogens is 2. The number of para-hydroxylation sites is 1. The predicted molar refractivity (Wildman–Crippen MR) is 91.0 cm³/mol. The van der Waals surface area contributed by atoms with Crippen LogP contribution in [0.25, 0.3) is 0 Å². The van der Waals surface area contributed by atoms with Gasteiger partial charge in [-0.15, -0.1) is 0 Å². The minimum Gasteiger partial charge on any atom is -0.480 e. The van der Waals surface area contributed by atoms with Crippen LogP contribution < -0.4 is 9.47 Å². The quantitative estimate of drug-likeness (QED) is 0.570. The van der Waals surface area contributed by atoms with Crippen molar-refractivity contribution in [3.63, 3.8) is 0 Å². The highest BCUT2D eigenvalue weighted by atomic mass is 16.6. The summed E-state index contributed by atoms with van der Waals surface area (Å²) < 4.78 is 10.8. The molecule has 1 aromatic heterocycles. The molecule has 0 N–H and O–H groups in total. The molecule has 9 heteroatoms. The zero-order valence-corrected chi connectivity index (χ0v) is 14.2. The Labute approximate surface area is 149 Å². The minimum atomic E-state index is -0.472. The first kappa shape index (κ1) is 17.6. The molecular formula is C17H18N4O5. The van der Waals surface area contributed by atoms with Gasteiger partial charge in [-0.05, 0) is 0 Å². The molecule has 0 spiro atoms. The fourth-order valence-corrected chi connectivity index (χ4v) is 2.82. The number of amides is 1. The molecule has 1 unspecified atom stereocenters. The molecular weight excluding hydrogens is 340 g/mol. The van der Waals surface area contributed by atoms with Gasteiger partial charge < -0.3 is 14.4 Å². The van der Waals surface area contributed by atoms with Crippen LogP contribution in [0, 0.1) is 10.1 Å². The van der Waals surface area contributed by atoms with Crippen LogP contribution in [0.5, 0.6) is 11.8 Å². The summed E-state index contributed by atoms with van der Waals surface area (Å²) in [6, 6.07) is 6.28. The maximum atomic E-state index is 12.5. The Balaban J connectivity index is 1.60. The van der Waals surface area contributed by atoms with Crippen LogP contribution in [0.2, 0.25) is 0 Å². The molecule has 1 amide bonds. The van der Waals surface area contributed by atoms with Gasteiger partial charge in [-0.2, -0.15) is 4.98 Å². The molecule has 9 nitrogen and oxygen atoms in total. The van der Waals surface area contributed by atoms with Crippen LogP contribution in [-0.4, -0.2) is 52.0 Å². The second kappa shape index (κ2) is 7.77. The zero-order valence-electron chi connectivity index (χ0n) is 14.2. The van der Waals surface area contributed by atoms with E-state index in [1.54, 1.807) is 23.1 Å². The molecule has 0 saturated carbocycles. The van der Waals surface area contributed by atoms with E-state index in [1.165, 1.54) is 25.6 Å². The lowest BCUT2D eigenvalue weighted by molar-refractivity contribution is -0.385. The molecule has 3 rings (SSSR count). The van der Waals surface area contributed by atoms with Crippen molar-refractivity contribution < 1.29 is 19.2 Å². The molecule has 0 radical (unpaired) electrons. The Kier molecular flexibility index (Phi) is 5.26. The summed E-state index contributed by atoms with van der Waals surface area (Å²) in [5.74, 6) is 0.522. The van der Waals surface area contributed by atoms with Gasteiger partial charge in [0.1, 0.15) is 6.10 Å². The third-order valence-corrected chi connectivity index (χ3v) is 4.11. The van der Waals surface area contributed by atoms with Crippen molar-refractivity contribution in [2.75, 3.05) is 20.2 Å². The molecule has 0 bridgehead atoms. The molecule has 1 saturated heterocycles. The average Bonchev–Trinajstić information content (AvgIpc) is 3.11. The largest absolute Gasteiger partial charge is 0.480 e. The van der Waals surface area contributed by atoms with E-state index in [1.807, 2.05) is 0 Å². The van der Waals surface area contributed by atoms with E-state index >= 15 is 0 Å². The van der Waals surface area contributed by atoms with E-state index in [2.05, 4.69) is 9.97 Å². The van der Waals surface area contributed by atoms with Gasteiger partial charge in [0.2, 0.25) is 17.7 Å². The normalized spacial score (nSPS) is 16.3. The van der Waals surface area contributed by atoms with Crippen molar-refractivity contribution in [1.82, 2.24) is 14.9 Å². The lowest BCUT2D eigenvalue weighted by atomic mass is 10.1. The number of nitro benzene ring substituents is 1. The summed E-state index contributed by atoms with van der Waals surface area (Å²) in [4.78, 5) is 32.8. The first-order valence-electron chi connectivity index (χ1n) is 8.09. The number of rotatable bonds is 6. The molecule has 26 heavy (non-hydrogen) atoms. The number of carbonyl (C=O) groups excluding carboxylic acids is 1. The van der Waals surface area contributed by atoms with Crippen LogP contribution >= 0.6 is 0 Å². The van der Waals surface area contributed by atoms with Crippen LogP contribution in [0.1, 0.15) is 12.0 Å². The molecule has 1 aliphatic heterocycles. The topological polar surface area (TPSA) is 108 Å². The molecule has 0 aliphatic carbocycles. The van der Waals surface area contributed by atoms with Gasteiger partial charge >= 0.3 is 0 Å². The number of carbonyl (C=O) groups is 1. The number of likely N-dealkylation sites (tertiary alicyclic amines) is 1. The SMILES string of the molecule is COc1cncc(OC2CCN(C(=O)Cc3ccccc3[N+](=O)[O-])C2)n1. The number of ether oxygens (including phenoxy) is 2. The lowest BCUT2D eigenvalue weighted by Crippen LogP contribution is -2.32. The number of benzene rings is 1. The van der Waals surface area contributed by atoms with Crippen LogP contribution in [0.15, 0.2) is 36.7 Å². The van der Waals surface area contributed by atoms with E-state index < -0.39 is 4.92 Å². The van der Waals surface area contributed by atoms with E-state index in [-0.39, 0.29) is 24.1 Å². The van der Waals surface area contributed by atoms with E-state index in [4.69, 9.17) is 9.47 Å². The number of hydrogen-bond acceptors (Lipinski definition) is 7. The zero-order chi connectivity index (χ0) is 18.5. The van der Waals surface area contributed by atoms with E-state index in [0.29, 0.717) is 36.8 Å². The van der Waals surface area contributed by atoms with Crippen molar-refractivity contribution in [3.8, 4) is 11.8 Å². The van der Waals surface area contributed by atoms with Gasteiger partial charge in [0.25, 0.3) is 5.69 Å². The summed E-state index contributed by atoms with van der Waals surface area (Å²) in [6.07, 6.45) is 3.40. The Morgan fingerprint density at radius 1 is 1.35 bits per heavy atom. The van der Waals surface area contributed by atoms with Crippen molar-refractivity contribution in [2.45, 2.75) is 18.9 Å². The second-order valence-electron chi connectivity index (χ2n) is 5.83. The van der Waals surface area contributed by atoms with Crippen molar-refractivity contribution in [1.29, 1.82) is 0 Å². The maximum absolute atomic E-state index is 12.5. The Morgan fingerprint density at radius 2 is 2.12 bits per heavy atom. The number of hydrogen-bond donors (Lipinski definition) is 0. The number of nitrogens with zero attached hydrogens (tertiary/aromatic N) is 4. The third-order valence-electron chi connectivity index (χ3n) is 4.11. The Morgan fingerprint density at radius 3 is 2.88 bits per heavy atom. The van der Waals surface area contributed by atoms with Crippen LogP contribution in [0.3, 0.4) is 0 Å². The molecule has 136 valence electrons. The Hall–Kier alpha value is -3.23. The summed E-state index contributed by atoms with van der Waals surface area (Å²) >= 11 is 0. The fourth-order valence-electron chi connectivity index (χ4n) is 2.82. The first-order valence-corrected chi connectivity index (χ1v) is 8.09. The standard InChI is InChI=1S/C17H18N4O5/c1-25-15-9-18-10-16(19-15)26-13-6-7-20(11-13)17(22)8-12-4-2-3-5-14(12)21(23)24/h2-5,9-10,13H,6-8,11H2,1H3. The number of methoxy groups -OCH3 is 1. The molecule has 1 atom stereocenters. The molecule has 2 aromatic rings. The predicted octanol–water partition coefficient (Wildman–Crippen LogP) is 1.62. The van der Waals surface area contributed by atoms with E-state index in [9.17, 15) is 14.9 Å².